The summed E-state index contributed by atoms with van der Waals surface area (Å²) in [6, 6.07) is 8.34. The van der Waals surface area contributed by atoms with E-state index < -0.39 is 0 Å². The lowest BCUT2D eigenvalue weighted by Crippen LogP contribution is -2.75. The molecule has 1 spiro atoms. The SMILES string of the molecule is COc1cccc(CC(=O)N2CCC(N3CC(OC)C34CCOCC4)CC2)c1. The van der Waals surface area contributed by atoms with Gasteiger partial charge in [0.1, 0.15) is 5.75 Å². The number of piperidine rings is 1. The second kappa shape index (κ2) is 8.39. The molecule has 0 aromatic heterocycles. The van der Waals surface area contributed by atoms with Crippen LogP contribution in [0.15, 0.2) is 24.3 Å². The minimum absolute atomic E-state index is 0.157. The van der Waals surface area contributed by atoms with Gasteiger partial charge in [-0.15, -0.1) is 0 Å². The number of benzene rings is 1. The molecule has 1 amide bonds. The zero-order chi connectivity index (χ0) is 19.6. The van der Waals surface area contributed by atoms with Crippen LogP contribution < -0.4 is 4.74 Å². The number of hydrogen-bond donors (Lipinski definition) is 0. The molecule has 3 saturated heterocycles. The molecule has 0 radical (unpaired) electrons. The fraction of sp³-hybridized carbons (Fsp3) is 0.682. The Morgan fingerprint density at radius 2 is 1.96 bits per heavy atom. The Balaban J connectivity index is 1.32. The number of methoxy groups -OCH3 is 2. The molecule has 0 bridgehead atoms. The summed E-state index contributed by atoms with van der Waals surface area (Å²) in [7, 11) is 3.49. The van der Waals surface area contributed by atoms with E-state index in [0.29, 0.717) is 18.6 Å². The lowest BCUT2D eigenvalue weighted by molar-refractivity contribution is -0.208. The normalized spacial score (nSPS) is 25.5. The number of likely N-dealkylation sites (tertiary alicyclic amines) is 2. The van der Waals surface area contributed by atoms with Crippen LogP contribution in [0, 0.1) is 0 Å². The van der Waals surface area contributed by atoms with Crippen LogP contribution in [0.4, 0.5) is 0 Å². The van der Waals surface area contributed by atoms with Gasteiger partial charge in [0.15, 0.2) is 0 Å². The van der Waals surface area contributed by atoms with E-state index >= 15 is 0 Å². The number of carbonyl (C=O) groups is 1. The van der Waals surface area contributed by atoms with E-state index in [1.807, 2.05) is 36.3 Å². The van der Waals surface area contributed by atoms with Gasteiger partial charge in [0.05, 0.1) is 25.2 Å². The molecule has 6 heteroatoms. The summed E-state index contributed by atoms with van der Waals surface area (Å²) in [6.07, 6.45) is 4.97. The molecule has 0 aliphatic carbocycles. The van der Waals surface area contributed by atoms with E-state index in [9.17, 15) is 4.79 Å². The van der Waals surface area contributed by atoms with Gasteiger partial charge in [-0.05, 0) is 43.4 Å². The quantitative estimate of drug-likeness (QED) is 0.773. The molecule has 0 N–H and O–H groups in total. The van der Waals surface area contributed by atoms with Crippen molar-refractivity contribution in [2.45, 2.75) is 49.8 Å². The minimum Gasteiger partial charge on any atom is -0.497 e. The lowest BCUT2D eigenvalue weighted by atomic mass is 9.73. The molecule has 154 valence electrons. The first-order valence-corrected chi connectivity index (χ1v) is 10.4. The fourth-order valence-electron chi connectivity index (χ4n) is 5.24. The van der Waals surface area contributed by atoms with Crippen LogP contribution in [0.1, 0.15) is 31.2 Å². The zero-order valence-corrected chi connectivity index (χ0v) is 17.1. The second-order valence-corrected chi connectivity index (χ2v) is 8.23. The molecule has 3 aliphatic heterocycles. The highest BCUT2D eigenvalue weighted by Crippen LogP contribution is 2.44. The number of carbonyl (C=O) groups excluding carboxylic acids is 1. The summed E-state index contributed by atoms with van der Waals surface area (Å²) in [4.78, 5) is 17.4. The van der Waals surface area contributed by atoms with Gasteiger partial charge >= 0.3 is 0 Å². The molecule has 3 aliphatic rings. The highest BCUT2D eigenvalue weighted by Gasteiger charge is 2.56. The van der Waals surface area contributed by atoms with Gasteiger partial charge in [-0.3, -0.25) is 9.69 Å². The van der Waals surface area contributed by atoms with Crippen molar-refractivity contribution in [3.05, 3.63) is 29.8 Å². The molecule has 1 atom stereocenters. The Bertz CT molecular complexity index is 681. The Morgan fingerprint density at radius 1 is 1.21 bits per heavy atom. The van der Waals surface area contributed by atoms with Crippen molar-refractivity contribution in [1.29, 1.82) is 0 Å². The number of amides is 1. The minimum atomic E-state index is 0.157. The maximum Gasteiger partial charge on any atom is 0.226 e. The van der Waals surface area contributed by atoms with Crippen molar-refractivity contribution in [1.82, 2.24) is 9.80 Å². The van der Waals surface area contributed by atoms with Crippen LogP contribution in [0.25, 0.3) is 0 Å². The first-order valence-electron chi connectivity index (χ1n) is 10.4. The first kappa shape index (κ1) is 19.7. The Kier molecular flexibility index (Phi) is 5.90. The van der Waals surface area contributed by atoms with Crippen molar-refractivity contribution in [3.63, 3.8) is 0 Å². The molecule has 1 aromatic rings. The summed E-state index contributed by atoms with van der Waals surface area (Å²) >= 11 is 0. The fourth-order valence-corrected chi connectivity index (χ4v) is 5.24. The lowest BCUT2D eigenvalue weighted by Gasteiger charge is -2.63. The molecule has 4 rings (SSSR count). The molecule has 3 heterocycles. The van der Waals surface area contributed by atoms with Crippen LogP contribution in [-0.2, 0) is 20.7 Å². The molecule has 28 heavy (non-hydrogen) atoms. The maximum absolute atomic E-state index is 12.8. The van der Waals surface area contributed by atoms with E-state index in [4.69, 9.17) is 14.2 Å². The van der Waals surface area contributed by atoms with Gasteiger partial charge in [0, 0.05) is 46.0 Å². The van der Waals surface area contributed by atoms with Crippen molar-refractivity contribution in [2.75, 3.05) is 47.1 Å². The average molecular weight is 389 g/mol. The molecule has 6 nitrogen and oxygen atoms in total. The predicted octanol–water partition coefficient (Wildman–Crippen LogP) is 2.11. The highest BCUT2D eigenvalue weighted by molar-refractivity contribution is 5.79. The van der Waals surface area contributed by atoms with Crippen LogP contribution in [0.2, 0.25) is 0 Å². The van der Waals surface area contributed by atoms with Crippen LogP contribution in [0.5, 0.6) is 5.75 Å². The van der Waals surface area contributed by atoms with E-state index in [-0.39, 0.29) is 11.4 Å². The van der Waals surface area contributed by atoms with E-state index in [1.165, 1.54) is 0 Å². The van der Waals surface area contributed by atoms with Crippen LogP contribution in [0.3, 0.4) is 0 Å². The topological polar surface area (TPSA) is 51.2 Å². The van der Waals surface area contributed by atoms with Gasteiger partial charge in [0.2, 0.25) is 5.91 Å². The van der Waals surface area contributed by atoms with Gasteiger partial charge in [0.25, 0.3) is 0 Å². The summed E-state index contributed by atoms with van der Waals surface area (Å²) in [5.41, 5.74) is 1.17. The van der Waals surface area contributed by atoms with Gasteiger partial charge < -0.3 is 19.1 Å². The molecule has 1 aromatic carbocycles. The largest absolute Gasteiger partial charge is 0.497 e. The number of ether oxygens (including phenoxy) is 3. The van der Waals surface area contributed by atoms with Crippen LogP contribution >= 0.6 is 0 Å². The van der Waals surface area contributed by atoms with Crippen molar-refractivity contribution < 1.29 is 19.0 Å². The van der Waals surface area contributed by atoms with Gasteiger partial charge in [-0.25, -0.2) is 0 Å². The van der Waals surface area contributed by atoms with Crippen LogP contribution in [-0.4, -0.2) is 80.5 Å². The summed E-state index contributed by atoms with van der Waals surface area (Å²) < 4.78 is 16.6. The standard InChI is InChI=1S/C22H32N2O4/c1-26-19-5-3-4-17(14-19)15-21(25)23-10-6-18(7-11-23)24-16-20(27-2)22(24)8-12-28-13-9-22/h3-5,14,18,20H,6-13,15-16H2,1-2H3. The third-order valence-corrected chi connectivity index (χ3v) is 6.92. The van der Waals surface area contributed by atoms with Gasteiger partial charge in [-0.2, -0.15) is 0 Å². The summed E-state index contributed by atoms with van der Waals surface area (Å²) in [6.45, 7) is 4.35. The third-order valence-electron chi connectivity index (χ3n) is 6.92. The molecule has 1 unspecified atom stereocenters. The molecule has 0 saturated carbocycles. The van der Waals surface area contributed by atoms with E-state index in [1.54, 1.807) is 7.11 Å². The molecule has 3 fully saturated rings. The number of nitrogens with zero attached hydrogens (tertiary/aromatic N) is 2. The monoisotopic (exact) mass is 388 g/mol. The Morgan fingerprint density at radius 3 is 2.64 bits per heavy atom. The highest BCUT2D eigenvalue weighted by atomic mass is 16.5. The molecular weight excluding hydrogens is 356 g/mol. The third kappa shape index (κ3) is 3.65. The number of hydrogen-bond acceptors (Lipinski definition) is 5. The summed E-state index contributed by atoms with van der Waals surface area (Å²) in [5.74, 6) is 1.02. The average Bonchev–Trinajstić information content (AvgIpc) is 2.74. The van der Waals surface area contributed by atoms with E-state index in [0.717, 1.165) is 69.8 Å². The zero-order valence-electron chi connectivity index (χ0n) is 17.1. The Labute approximate surface area is 167 Å². The predicted molar refractivity (Wildman–Crippen MR) is 107 cm³/mol. The second-order valence-electron chi connectivity index (χ2n) is 8.23. The number of rotatable bonds is 5. The van der Waals surface area contributed by atoms with Crippen molar-refractivity contribution in [2.24, 2.45) is 0 Å². The first-order chi connectivity index (χ1) is 13.7. The Hall–Kier alpha value is -1.63. The maximum atomic E-state index is 12.8. The van der Waals surface area contributed by atoms with Crippen molar-refractivity contribution >= 4 is 5.91 Å². The van der Waals surface area contributed by atoms with Crippen molar-refractivity contribution in [3.8, 4) is 5.75 Å². The summed E-state index contributed by atoms with van der Waals surface area (Å²) in [5, 5.41) is 0. The smallest absolute Gasteiger partial charge is 0.226 e. The van der Waals surface area contributed by atoms with E-state index in [2.05, 4.69) is 4.90 Å². The van der Waals surface area contributed by atoms with Gasteiger partial charge in [-0.1, -0.05) is 12.1 Å². The molecular formula is C22H32N2O4.